The van der Waals surface area contributed by atoms with Gasteiger partial charge in [-0.05, 0) is 6.42 Å². The number of nitrogens with two attached hydrogens (primary N) is 1. The van der Waals surface area contributed by atoms with Crippen LogP contribution < -0.4 is 16.1 Å². The highest BCUT2D eigenvalue weighted by Gasteiger charge is 2.66. The second kappa shape index (κ2) is 3.24. The van der Waals surface area contributed by atoms with E-state index in [1.54, 1.807) is 6.92 Å². The van der Waals surface area contributed by atoms with Crippen LogP contribution in [-0.4, -0.2) is 26.3 Å². The van der Waals surface area contributed by atoms with Crippen LogP contribution in [0.15, 0.2) is 4.79 Å². The maximum absolute atomic E-state index is 11.9. The normalized spacial score (nSPS) is 26.5. The average Bonchev–Trinajstić information content (AvgIpc) is 2.71. The van der Waals surface area contributed by atoms with Crippen LogP contribution in [0.3, 0.4) is 0 Å². The van der Waals surface area contributed by atoms with Crippen LogP contribution in [0.1, 0.15) is 19.0 Å². The molecule has 2 N–H and O–H groups in total. The third-order valence-electron chi connectivity index (χ3n) is 2.83. The summed E-state index contributed by atoms with van der Waals surface area (Å²) >= 11 is 11.9. The minimum atomic E-state index is -0.984. The number of rotatable bonds is 2. The van der Waals surface area contributed by atoms with E-state index in [1.807, 2.05) is 0 Å². The first-order valence-electron chi connectivity index (χ1n) is 4.50. The number of aromatic nitrogens is 3. The Morgan fingerprint density at radius 2 is 2.06 bits per heavy atom. The van der Waals surface area contributed by atoms with Gasteiger partial charge in [0.1, 0.15) is 10.0 Å². The lowest BCUT2D eigenvalue weighted by molar-refractivity contribution is 0.351. The van der Waals surface area contributed by atoms with E-state index < -0.39 is 15.3 Å². The molecule has 2 rings (SSSR count). The summed E-state index contributed by atoms with van der Waals surface area (Å²) in [4.78, 5) is 11.9. The number of hydrogen-bond acceptors (Lipinski definition) is 5. The Labute approximate surface area is 101 Å². The quantitative estimate of drug-likeness (QED) is 0.610. The Morgan fingerprint density at radius 3 is 2.50 bits per heavy atom. The predicted octanol–water partition coefficient (Wildman–Crippen LogP) is 0.196. The number of ether oxygens (including phenoxy) is 1. The average molecular weight is 265 g/mol. The standard InChI is InChI=1S/C8H10Cl2N4O2/c1-7(3-8(7,9)10)4-5(15)14(11)6(16-2)13-12-4/h3,11H2,1-2H3. The molecule has 1 saturated carbocycles. The van der Waals surface area contributed by atoms with Gasteiger partial charge in [0.2, 0.25) is 0 Å². The van der Waals surface area contributed by atoms with Gasteiger partial charge in [-0.25, -0.2) is 0 Å². The lowest BCUT2D eigenvalue weighted by Gasteiger charge is -2.11. The number of hydrogen-bond donors (Lipinski definition) is 1. The van der Waals surface area contributed by atoms with Crippen molar-refractivity contribution in [2.45, 2.75) is 23.1 Å². The Kier molecular flexibility index (Phi) is 2.32. The van der Waals surface area contributed by atoms with Crippen molar-refractivity contribution in [3.8, 4) is 6.01 Å². The molecule has 16 heavy (non-hydrogen) atoms. The van der Waals surface area contributed by atoms with Gasteiger partial charge in [0.25, 0.3) is 5.56 Å². The molecule has 0 saturated heterocycles. The molecule has 8 heteroatoms. The zero-order valence-corrected chi connectivity index (χ0v) is 10.2. The van der Waals surface area contributed by atoms with E-state index in [9.17, 15) is 4.79 Å². The Balaban J connectivity index is 2.54. The van der Waals surface area contributed by atoms with Crippen molar-refractivity contribution in [3.63, 3.8) is 0 Å². The van der Waals surface area contributed by atoms with Crippen LogP contribution in [0, 0.1) is 0 Å². The first-order valence-corrected chi connectivity index (χ1v) is 5.26. The van der Waals surface area contributed by atoms with Crippen molar-refractivity contribution < 1.29 is 4.74 Å². The summed E-state index contributed by atoms with van der Waals surface area (Å²) < 4.78 is 4.57. The molecule has 1 heterocycles. The zero-order valence-electron chi connectivity index (χ0n) is 8.70. The molecule has 1 aliphatic rings. The van der Waals surface area contributed by atoms with Gasteiger partial charge in [0.15, 0.2) is 0 Å². The molecule has 0 aliphatic heterocycles. The van der Waals surface area contributed by atoms with Crippen LogP contribution in [-0.2, 0) is 5.41 Å². The van der Waals surface area contributed by atoms with Gasteiger partial charge in [-0.15, -0.1) is 28.3 Å². The van der Waals surface area contributed by atoms with Crippen LogP contribution in [0.5, 0.6) is 6.01 Å². The molecular weight excluding hydrogens is 255 g/mol. The summed E-state index contributed by atoms with van der Waals surface area (Å²) in [5.41, 5.74) is -1.05. The highest BCUT2D eigenvalue weighted by Crippen LogP contribution is 2.63. The highest BCUT2D eigenvalue weighted by molar-refractivity contribution is 6.52. The molecule has 1 atom stereocenters. The van der Waals surface area contributed by atoms with Crippen LogP contribution in [0.4, 0.5) is 0 Å². The van der Waals surface area contributed by atoms with E-state index in [2.05, 4.69) is 10.2 Å². The maximum Gasteiger partial charge on any atom is 0.337 e. The molecule has 1 aromatic rings. The number of nitrogens with zero attached hydrogens (tertiary/aromatic N) is 3. The fraction of sp³-hybridized carbons (Fsp3) is 0.625. The molecule has 0 aromatic carbocycles. The van der Waals surface area contributed by atoms with Crippen LogP contribution in [0.25, 0.3) is 0 Å². The third-order valence-corrected chi connectivity index (χ3v) is 3.93. The van der Waals surface area contributed by atoms with Gasteiger partial charge in [0.05, 0.1) is 12.5 Å². The number of alkyl halides is 2. The zero-order chi connectivity index (χ0) is 12.1. The van der Waals surface area contributed by atoms with Gasteiger partial charge in [0, 0.05) is 0 Å². The van der Waals surface area contributed by atoms with E-state index in [-0.39, 0.29) is 11.7 Å². The van der Waals surface area contributed by atoms with Crippen LogP contribution >= 0.6 is 23.2 Å². The van der Waals surface area contributed by atoms with Gasteiger partial charge in [-0.1, -0.05) is 12.0 Å². The SMILES string of the molecule is COc1nnc(C2(C)CC2(Cl)Cl)c(=O)n1N. The molecule has 1 fully saturated rings. The lowest BCUT2D eigenvalue weighted by atomic mass is 10.1. The first kappa shape index (κ1) is 11.5. The van der Waals surface area contributed by atoms with E-state index in [4.69, 9.17) is 33.8 Å². The molecule has 6 nitrogen and oxygen atoms in total. The molecule has 0 amide bonds. The maximum atomic E-state index is 11.9. The molecule has 1 unspecified atom stereocenters. The fourth-order valence-electron chi connectivity index (χ4n) is 1.53. The minimum absolute atomic E-state index is 0.0623. The molecule has 0 spiro atoms. The summed E-state index contributed by atoms with van der Waals surface area (Å²) in [5, 5.41) is 7.46. The van der Waals surface area contributed by atoms with E-state index >= 15 is 0 Å². The fourth-order valence-corrected chi connectivity index (χ4v) is 2.24. The molecule has 0 radical (unpaired) electrons. The molecule has 1 aromatic heterocycles. The van der Waals surface area contributed by atoms with Crippen molar-refractivity contribution >= 4 is 23.2 Å². The largest absolute Gasteiger partial charge is 0.466 e. The first-order chi connectivity index (χ1) is 7.33. The van der Waals surface area contributed by atoms with Gasteiger partial charge >= 0.3 is 6.01 Å². The Bertz CT molecular complexity index is 501. The second-order valence-corrected chi connectivity index (χ2v) is 5.41. The number of nitrogen functional groups attached to an aromatic ring is 1. The van der Waals surface area contributed by atoms with Gasteiger partial charge in [-0.2, -0.15) is 4.68 Å². The van der Waals surface area contributed by atoms with Crippen LogP contribution in [0.2, 0.25) is 0 Å². The summed E-state index contributed by atoms with van der Waals surface area (Å²) in [6, 6.07) is -0.0623. The number of methoxy groups -OCH3 is 1. The van der Waals surface area contributed by atoms with Crippen molar-refractivity contribution in [2.24, 2.45) is 0 Å². The second-order valence-electron chi connectivity index (χ2n) is 3.92. The van der Waals surface area contributed by atoms with Crippen molar-refractivity contribution in [1.29, 1.82) is 0 Å². The summed E-state index contributed by atoms with van der Waals surface area (Å²) in [7, 11) is 1.35. The minimum Gasteiger partial charge on any atom is -0.466 e. The molecule has 0 bridgehead atoms. The summed E-state index contributed by atoms with van der Waals surface area (Å²) in [6.45, 7) is 1.74. The Morgan fingerprint density at radius 1 is 1.50 bits per heavy atom. The Hall–Kier alpha value is -1.01. The van der Waals surface area contributed by atoms with E-state index in [0.717, 1.165) is 4.68 Å². The lowest BCUT2D eigenvalue weighted by Crippen LogP contribution is -2.36. The van der Waals surface area contributed by atoms with Crippen molar-refractivity contribution in [2.75, 3.05) is 13.0 Å². The van der Waals surface area contributed by atoms with Gasteiger partial charge in [-0.3, -0.25) is 4.79 Å². The predicted molar refractivity (Wildman–Crippen MR) is 59.4 cm³/mol. The number of halogens is 2. The highest BCUT2D eigenvalue weighted by atomic mass is 35.5. The summed E-state index contributed by atoms with van der Waals surface area (Å²) in [6.07, 6.45) is 0.444. The smallest absolute Gasteiger partial charge is 0.337 e. The van der Waals surface area contributed by atoms with Crippen molar-refractivity contribution in [3.05, 3.63) is 16.0 Å². The van der Waals surface area contributed by atoms with E-state index in [0.29, 0.717) is 6.42 Å². The molecule has 88 valence electrons. The molecule has 1 aliphatic carbocycles. The summed E-state index contributed by atoms with van der Waals surface area (Å²) in [5.74, 6) is 5.50. The van der Waals surface area contributed by atoms with Gasteiger partial charge < -0.3 is 10.6 Å². The monoisotopic (exact) mass is 264 g/mol. The van der Waals surface area contributed by atoms with E-state index in [1.165, 1.54) is 7.11 Å². The third kappa shape index (κ3) is 1.36. The topological polar surface area (TPSA) is 83.0 Å². The molecular formula is C8H10Cl2N4O2. The van der Waals surface area contributed by atoms with Crippen molar-refractivity contribution in [1.82, 2.24) is 14.9 Å².